The van der Waals surface area contributed by atoms with Crippen molar-refractivity contribution >= 4 is 5.91 Å². The third kappa shape index (κ3) is 6.60. The molecule has 0 radical (unpaired) electrons. The van der Waals surface area contributed by atoms with Gasteiger partial charge in [0.1, 0.15) is 0 Å². The molecule has 1 amide bonds. The van der Waals surface area contributed by atoms with E-state index in [1.807, 2.05) is 0 Å². The molecule has 0 bridgehead atoms. The molecule has 5 heteroatoms. The lowest BCUT2D eigenvalue weighted by Crippen LogP contribution is -2.29. The molecule has 96 valence electrons. The van der Waals surface area contributed by atoms with Gasteiger partial charge in [-0.05, 0) is 5.57 Å². The van der Waals surface area contributed by atoms with Crippen LogP contribution in [0.2, 0.25) is 0 Å². The molecule has 0 saturated heterocycles. The van der Waals surface area contributed by atoms with Gasteiger partial charge in [0.25, 0.3) is 0 Å². The Balaban J connectivity index is 4.16. The Bertz CT molecular complexity index is 340. The quantitative estimate of drug-likeness (QED) is 0.743. The van der Waals surface area contributed by atoms with Gasteiger partial charge in [0, 0.05) is 18.0 Å². The highest BCUT2D eigenvalue weighted by molar-refractivity contribution is 5.78. The number of alkyl halides is 3. The number of rotatable bonds is 5. The number of hydrogen-bond acceptors (Lipinski definition) is 1. The fraction of sp³-hybridized carbons (Fsp3) is 0.417. The molecule has 0 aliphatic carbocycles. The monoisotopic (exact) mass is 247 g/mol. The van der Waals surface area contributed by atoms with E-state index in [9.17, 15) is 18.0 Å². The molecule has 17 heavy (non-hydrogen) atoms. The fourth-order valence-electron chi connectivity index (χ4n) is 0.777. The van der Waals surface area contributed by atoms with Crippen LogP contribution in [-0.4, -0.2) is 18.6 Å². The minimum absolute atomic E-state index is 0.124. The van der Waals surface area contributed by atoms with E-state index < -0.39 is 11.7 Å². The molecular formula is C12H16F3NO. The van der Waals surface area contributed by atoms with Crippen molar-refractivity contribution in [1.29, 1.82) is 0 Å². The molecule has 0 unspecified atom stereocenters. The molecule has 0 saturated carbocycles. The van der Waals surface area contributed by atoms with E-state index in [4.69, 9.17) is 0 Å². The lowest BCUT2D eigenvalue weighted by Gasteiger charge is -2.08. The van der Waals surface area contributed by atoms with Crippen molar-refractivity contribution in [1.82, 2.24) is 5.32 Å². The van der Waals surface area contributed by atoms with Crippen LogP contribution in [0, 0.1) is 5.92 Å². The molecule has 0 aromatic heterocycles. The molecule has 0 heterocycles. The molecule has 1 N–H and O–H groups in total. The predicted molar refractivity (Wildman–Crippen MR) is 61.3 cm³/mol. The van der Waals surface area contributed by atoms with Gasteiger partial charge in [0.2, 0.25) is 5.91 Å². The van der Waals surface area contributed by atoms with E-state index in [2.05, 4.69) is 18.5 Å². The van der Waals surface area contributed by atoms with E-state index in [1.54, 1.807) is 13.8 Å². The Morgan fingerprint density at radius 3 is 2.24 bits per heavy atom. The summed E-state index contributed by atoms with van der Waals surface area (Å²) < 4.78 is 36.2. The number of allylic oxidation sites excluding steroid dienone is 2. The van der Waals surface area contributed by atoms with Gasteiger partial charge in [-0.1, -0.05) is 39.2 Å². The zero-order valence-corrected chi connectivity index (χ0v) is 9.90. The Morgan fingerprint density at radius 1 is 1.29 bits per heavy atom. The predicted octanol–water partition coefficient (Wildman–Crippen LogP) is 2.99. The molecular weight excluding hydrogens is 231 g/mol. The number of hydrogen-bond donors (Lipinski definition) is 1. The fourth-order valence-corrected chi connectivity index (χ4v) is 0.777. The second kappa shape index (κ2) is 6.27. The molecule has 0 spiro atoms. The van der Waals surface area contributed by atoms with Gasteiger partial charge in [0.15, 0.2) is 0 Å². The van der Waals surface area contributed by atoms with Gasteiger partial charge in [-0.25, -0.2) is 0 Å². The van der Waals surface area contributed by atoms with Crippen LogP contribution < -0.4 is 5.32 Å². The lowest BCUT2D eigenvalue weighted by molar-refractivity contribution is -0.123. The molecule has 2 nitrogen and oxygen atoms in total. The Hall–Kier alpha value is -1.52. The van der Waals surface area contributed by atoms with Crippen molar-refractivity contribution in [2.75, 3.05) is 6.54 Å². The van der Waals surface area contributed by atoms with E-state index in [0.29, 0.717) is 5.57 Å². The highest BCUT2D eigenvalue weighted by Crippen LogP contribution is 2.24. The van der Waals surface area contributed by atoms with E-state index in [1.165, 1.54) is 6.08 Å². The zero-order valence-electron chi connectivity index (χ0n) is 9.90. The summed E-state index contributed by atoms with van der Waals surface area (Å²) in [5.74, 6) is -0.342. The number of carbonyl (C=O) groups excluding carboxylic acids is 1. The minimum atomic E-state index is -4.43. The van der Waals surface area contributed by atoms with Gasteiger partial charge >= 0.3 is 6.18 Å². The summed E-state index contributed by atoms with van der Waals surface area (Å²) in [6, 6.07) is 0. The summed E-state index contributed by atoms with van der Waals surface area (Å²) in [7, 11) is 0. The first-order valence-corrected chi connectivity index (χ1v) is 5.04. The third-order valence-corrected chi connectivity index (χ3v) is 1.90. The topological polar surface area (TPSA) is 29.1 Å². The van der Waals surface area contributed by atoms with Gasteiger partial charge in [-0.15, -0.1) is 0 Å². The second-order valence-corrected chi connectivity index (χ2v) is 3.89. The average Bonchev–Trinajstić information content (AvgIpc) is 2.20. The van der Waals surface area contributed by atoms with Crippen molar-refractivity contribution in [3.05, 3.63) is 36.5 Å². The van der Waals surface area contributed by atoms with Gasteiger partial charge in [0.05, 0.1) is 0 Å². The van der Waals surface area contributed by atoms with E-state index >= 15 is 0 Å². The Morgan fingerprint density at radius 2 is 1.82 bits per heavy atom. The molecule has 0 aromatic rings. The summed E-state index contributed by atoms with van der Waals surface area (Å²) >= 11 is 0. The lowest BCUT2D eigenvalue weighted by atomic mass is 10.2. The molecule has 0 rings (SSSR count). The highest BCUT2D eigenvalue weighted by atomic mass is 19.4. The van der Waals surface area contributed by atoms with Crippen LogP contribution in [0.5, 0.6) is 0 Å². The molecule has 0 aromatic carbocycles. The largest absolute Gasteiger partial charge is 0.415 e. The van der Waals surface area contributed by atoms with Crippen LogP contribution in [0.4, 0.5) is 13.2 Å². The number of carbonyl (C=O) groups is 1. The highest BCUT2D eigenvalue weighted by Gasteiger charge is 2.29. The summed E-state index contributed by atoms with van der Waals surface area (Å²) in [5, 5.41) is 2.54. The first kappa shape index (κ1) is 15.5. The molecule has 0 fully saturated rings. The van der Waals surface area contributed by atoms with Gasteiger partial charge in [-0.2, -0.15) is 13.2 Å². The molecule has 0 aliphatic heterocycles. The maximum absolute atomic E-state index is 12.1. The van der Waals surface area contributed by atoms with Crippen LogP contribution >= 0.6 is 0 Å². The summed E-state index contributed by atoms with van der Waals surface area (Å²) in [6.45, 7) is 9.98. The number of halogens is 3. The summed E-state index contributed by atoms with van der Waals surface area (Å²) in [6.07, 6.45) is -2.40. The van der Waals surface area contributed by atoms with Crippen molar-refractivity contribution in [3.63, 3.8) is 0 Å². The minimum Gasteiger partial charge on any atom is -0.352 e. The maximum Gasteiger partial charge on any atom is 0.415 e. The number of amides is 1. The SMILES string of the molecule is C=C(/C=C\C(=C)C(F)(F)F)CNC(=O)C(C)C. The van der Waals surface area contributed by atoms with Crippen LogP contribution in [0.15, 0.2) is 36.5 Å². The molecule has 0 atom stereocenters. The zero-order chi connectivity index (χ0) is 13.6. The Labute approximate surface area is 98.9 Å². The molecule has 0 aliphatic rings. The van der Waals surface area contributed by atoms with Crippen LogP contribution in [0.25, 0.3) is 0 Å². The third-order valence-electron chi connectivity index (χ3n) is 1.90. The van der Waals surface area contributed by atoms with Crippen molar-refractivity contribution in [3.8, 4) is 0 Å². The number of nitrogens with one attached hydrogen (secondary N) is 1. The first-order valence-electron chi connectivity index (χ1n) is 5.04. The van der Waals surface area contributed by atoms with Gasteiger partial charge in [-0.3, -0.25) is 4.79 Å². The van der Waals surface area contributed by atoms with E-state index in [0.717, 1.165) is 6.08 Å². The Kier molecular flexibility index (Phi) is 5.71. The normalized spacial score (nSPS) is 11.9. The van der Waals surface area contributed by atoms with Crippen molar-refractivity contribution < 1.29 is 18.0 Å². The van der Waals surface area contributed by atoms with Gasteiger partial charge < -0.3 is 5.32 Å². The first-order chi connectivity index (χ1) is 7.64. The van der Waals surface area contributed by atoms with Crippen LogP contribution in [-0.2, 0) is 4.79 Å². The van der Waals surface area contributed by atoms with Crippen LogP contribution in [0.3, 0.4) is 0 Å². The summed E-state index contributed by atoms with van der Waals surface area (Å²) in [5.41, 5.74) is -0.571. The van der Waals surface area contributed by atoms with Crippen molar-refractivity contribution in [2.45, 2.75) is 20.0 Å². The maximum atomic E-state index is 12.1. The average molecular weight is 247 g/mol. The standard InChI is InChI=1S/C12H16F3NO/c1-8(2)11(17)16-7-9(3)5-6-10(4)12(13,14)15/h5-6,8H,3-4,7H2,1-2H3,(H,16,17)/b6-5-. The summed E-state index contributed by atoms with van der Waals surface area (Å²) in [4.78, 5) is 11.2. The van der Waals surface area contributed by atoms with E-state index in [-0.39, 0.29) is 18.4 Å². The smallest absolute Gasteiger partial charge is 0.352 e. The van der Waals surface area contributed by atoms with Crippen molar-refractivity contribution in [2.24, 2.45) is 5.92 Å². The van der Waals surface area contributed by atoms with Crippen LogP contribution in [0.1, 0.15) is 13.8 Å². The second-order valence-electron chi connectivity index (χ2n) is 3.89.